The van der Waals surface area contributed by atoms with E-state index in [9.17, 15) is 21.6 Å². The van der Waals surface area contributed by atoms with Gasteiger partial charge in [-0.2, -0.15) is 17.5 Å². The van der Waals surface area contributed by atoms with E-state index in [-0.39, 0.29) is 24.0 Å². The summed E-state index contributed by atoms with van der Waals surface area (Å²) < 4.78 is 66.5. The van der Waals surface area contributed by atoms with Gasteiger partial charge in [0.1, 0.15) is 5.69 Å². The largest absolute Gasteiger partial charge is 0.416 e. The van der Waals surface area contributed by atoms with Gasteiger partial charge in [0.2, 0.25) is 10.0 Å². The average Bonchev–Trinajstić information content (AvgIpc) is 3.10. The van der Waals surface area contributed by atoms with Gasteiger partial charge in [0.15, 0.2) is 0 Å². The van der Waals surface area contributed by atoms with Gasteiger partial charge in [0.05, 0.1) is 22.7 Å². The Hall–Kier alpha value is -2.72. The van der Waals surface area contributed by atoms with Crippen LogP contribution in [0.5, 0.6) is 0 Å². The van der Waals surface area contributed by atoms with Crippen molar-refractivity contribution in [2.24, 2.45) is 0 Å². The van der Waals surface area contributed by atoms with Gasteiger partial charge in [-0.25, -0.2) is 13.1 Å². The summed E-state index contributed by atoms with van der Waals surface area (Å²) in [5.41, 5.74) is 0.565. The van der Waals surface area contributed by atoms with E-state index in [1.807, 2.05) is 30.3 Å². The number of alkyl halides is 3. The molecule has 4 rings (SSSR count). The number of aromatic nitrogens is 3. The lowest BCUT2D eigenvalue weighted by Crippen LogP contribution is -2.50. The molecule has 1 aliphatic heterocycles. The first-order valence-corrected chi connectivity index (χ1v) is 9.84. The van der Waals surface area contributed by atoms with E-state index < -0.39 is 21.8 Å². The fourth-order valence-corrected chi connectivity index (χ4v) is 4.52. The quantitative estimate of drug-likeness (QED) is 0.665. The molecule has 1 aliphatic rings. The minimum absolute atomic E-state index is 0.121. The van der Waals surface area contributed by atoms with Crippen LogP contribution in [0.1, 0.15) is 11.6 Å². The smallest absolute Gasteiger partial charge is 0.246 e. The third kappa shape index (κ3) is 3.40. The highest BCUT2D eigenvalue weighted by Crippen LogP contribution is 2.33. The molecule has 0 N–H and O–H groups in total. The lowest BCUT2D eigenvalue weighted by atomic mass is 10.1. The molecule has 0 amide bonds. The molecule has 0 atom stereocenters. The van der Waals surface area contributed by atoms with Crippen molar-refractivity contribution in [1.29, 1.82) is 0 Å². The van der Waals surface area contributed by atoms with Crippen LogP contribution >= 0.6 is 0 Å². The molecule has 28 heavy (non-hydrogen) atoms. The predicted octanol–water partition coefficient (Wildman–Crippen LogP) is 3.21. The van der Waals surface area contributed by atoms with Gasteiger partial charge < -0.3 is 0 Å². The Morgan fingerprint density at radius 2 is 1.71 bits per heavy atom. The molecule has 2 heterocycles. The van der Waals surface area contributed by atoms with Crippen LogP contribution in [-0.2, 0) is 16.2 Å². The maximum atomic E-state index is 12.9. The first-order chi connectivity index (χ1) is 13.2. The zero-order chi connectivity index (χ0) is 19.9. The Morgan fingerprint density at radius 1 is 1.00 bits per heavy atom. The molecule has 146 valence electrons. The summed E-state index contributed by atoms with van der Waals surface area (Å²) in [5, 5.41) is 8.14. The van der Waals surface area contributed by atoms with Crippen molar-refractivity contribution < 1.29 is 21.6 Å². The van der Waals surface area contributed by atoms with Crippen LogP contribution in [0.15, 0.2) is 65.7 Å². The van der Waals surface area contributed by atoms with E-state index in [4.69, 9.17) is 0 Å². The molecule has 0 bridgehead atoms. The van der Waals surface area contributed by atoms with Crippen LogP contribution in [0, 0.1) is 0 Å². The van der Waals surface area contributed by atoms with Crippen molar-refractivity contribution >= 4 is 10.0 Å². The highest BCUT2D eigenvalue weighted by molar-refractivity contribution is 7.89. The SMILES string of the molecule is O=S(=O)(c1cccc(C(F)(F)F)c1)N1CC(n2cc(-c3ccccc3)nn2)C1. The Morgan fingerprint density at radius 3 is 2.39 bits per heavy atom. The lowest BCUT2D eigenvalue weighted by Gasteiger charge is -2.37. The first-order valence-electron chi connectivity index (χ1n) is 8.40. The minimum Gasteiger partial charge on any atom is -0.246 e. The summed E-state index contributed by atoms with van der Waals surface area (Å²) in [6.45, 7) is 0.242. The molecule has 1 fully saturated rings. The molecule has 6 nitrogen and oxygen atoms in total. The second kappa shape index (κ2) is 6.71. The molecular formula is C18H15F3N4O2S. The number of hydrogen-bond acceptors (Lipinski definition) is 4. The van der Waals surface area contributed by atoms with Crippen LogP contribution in [0.25, 0.3) is 11.3 Å². The Kier molecular flexibility index (Phi) is 4.47. The van der Waals surface area contributed by atoms with Gasteiger partial charge in [-0.05, 0) is 18.2 Å². The monoisotopic (exact) mass is 408 g/mol. The second-order valence-corrected chi connectivity index (χ2v) is 8.39. The van der Waals surface area contributed by atoms with E-state index in [0.717, 1.165) is 22.0 Å². The number of nitrogens with zero attached hydrogens (tertiary/aromatic N) is 4. The number of hydrogen-bond donors (Lipinski definition) is 0. The van der Waals surface area contributed by atoms with Gasteiger partial charge in [-0.15, -0.1) is 5.10 Å². The summed E-state index contributed by atoms with van der Waals surface area (Å²) in [5.74, 6) is 0. The number of sulfonamides is 1. The third-order valence-corrected chi connectivity index (χ3v) is 6.41. The predicted molar refractivity (Wildman–Crippen MR) is 94.7 cm³/mol. The first kappa shape index (κ1) is 18.6. The van der Waals surface area contributed by atoms with Crippen molar-refractivity contribution in [3.63, 3.8) is 0 Å². The fraction of sp³-hybridized carbons (Fsp3) is 0.222. The van der Waals surface area contributed by atoms with Crippen LogP contribution in [0.2, 0.25) is 0 Å². The summed E-state index contributed by atoms with van der Waals surface area (Å²) in [4.78, 5) is -0.371. The zero-order valence-electron chi connectivity index (χ0n) is 14.4. The molecule has 1 aromatic heterocycles. The van der Waals surface area contributed by atoms with Gasteiger partial charge in [-0.1, -0.05) is 41.6 Å². The Bertz CT molecular complexity index is 1090. The topological polar surface area (TPSA) is 68.1 Å². The Labute approximate surface area is 159 Å². The van der Waals surface area contributed by atoms with E-state index in [0.29, 0.717) is 11.8 Å². The van der Waals surface area contributed by atoms with Crippen LogP contribution in [0.4, 0.5) is 13.2 Å². The molecule has 2 aromatic carbocycles. The minimum atomic E-state index is -4.60. The molecule has 0 spiro atoms. The fourth-order valence-electron chi connectivity index (χ4n) is 2.96. The standard InChI is InChI=1S/C18H15F3N4O2S/c19-18(20,21)14-7-4-8-16(9-14)28(26,27)24-10-15(11-24)25-12-17(22-23-25)13-5-2-1-3-6-13/h1-9,12,15H,10-11H2. The highest BCUT2D eigenvalue weighted by Gasteiger charge is 2.39. The van der Waals surface area contributed by atoms with Crippen molar-refractivity contribution in [3.05, 3.63) is 66.4 Å². The summed E-state index contributed by atoms with van der Waals surface area (Å²) in [6.07, 6.45) is -2.87. The molecule has 0 aliphatic carbocycles. The van der Waals surface area contributed by atoms with Gasteiger partial charge in [0, 0.05) is 18.7 Å². The van der Waals surface area contributed by atoms with E-state index >= 15 is 0 Å². The molecule has 3 aromatic rings. The summed E-state index contributed by atoms with van der Waals surface area (Å²) >= 11 is 0. The third-order valence-electron chi connectivity index (χ3n) is 4.58. The summed E-state index contributed by atoms with van der Waals surface area (Å²) in [6, 6.07) is 13.0. The van der Waals surface area contributed by atoms with E-state index in [1.165, 1.54) is 6.07 Å². The number of benzene rings is 2. The normalized spacial score (nSPS) is 16.1. The van der Waals surface area contributed by atoms with Gasteiger partial charge in [0.25, 0.3) is 0 Å². The van der Waals surface area contributed by atoms with E-state index in [1.54, 1.807) is 10.9 Å². The highest BCUT2D eigenvalue weighted by atomic mass is 32.2. The molecule has 0 saturated carbocycles. The van der Waals surface area contributed by atoms with E-state index in [2.05, 4.69) is 10.3 Å². The second-order valence-electron chi connectivity index (χ2n) is 6.45. The van der Waals surface area contributed by atoms with Crippen molar-refractivity contribution in [2.45, 2.75) is 17.1 Å². The van der Waals surface area contributed by atoms with Crippen LogP contribution < -0.4 is 0 Å². The van der Waals surface area contributed by atoms with Crippen molar-refractivity contribution in [1.82, 2.24) is 19.3 Å². The molecular weight excluding hydrogens is 393 g/mol. The molecule has 10 heteroatoms. The summed E-state index contributed by atoms with van der Waals surface area (Å²) in [7, 11) is -4.00. The van der Waals surface area contributed by atoms with Crippen molar-refractivity contribution in [2.75, 3.05) is 13.1 Å². The molecule has 1 saturated heterocycles. The molecule has 0 radical (unpaired) electrons. The number of rotatable bonds is 4. The maximum absolute atomic E-state index is 12.9. The van der Waals surface area contributed by atoms with Crippen LogP contribution in [-0.4, -0.2) is 40.8 Å². The van der Waals surface area contributed by atoms with Crippen molar-refractivity contribution in [3.8, 4) is 11.3 Å². The Balaban J connectivity index is 1.49. The van der Waals surface area contributed by atoms with Gasteiger partial charge >= 0.3 is 6.18 Å². The number of halogens is 3. The average molecular weight is 408 g/mol. The van der Waals surface area contributed by atoms with Crippen LogP contribution in [0.3, 0.4) is 0 Å². The maximum Gasteiger partial charge on any atom is 0.416 e. The molecule has 0 unspecified atom stereocenters. The zero-order valence-corrected chi connectivity index (χ0v) is 15.2. The lowest BCUT2D eigenvalue weighted by molar-refractivity contribution is -0.137. The van der Waals surface area contributed by atoms with Gasteiger partial charge in [-0.3, -0.25) is 0 Å².